The number of hydrogen-bond acceptors (Lipinski definition) is 5. The molecule has 0 atom stereocenters. The molecule has 0 aliphatic heterocycles. The van der Waals surface area contributed by atoms with Gasteiger partial charge in [-0.3, -0.25) is 9.59 Å². The molecule has 1 heterocycles. The molecule has 1 rings (SSSR count). The van der Waals surface area contributed by atoms with E-state index < -0.39 is 16.9 Å². The van der Waals surface area contributed by atoms with Gasteiger partial charge >= 0.3 is 0 Å². The van der Waals surface area contributed by atoms with Crippen molar-refractivity contribution in [3.05, 3.63) is 21.6 Å². The molecule has 8 heteroatoms. The molecule has 0 saturated carbocycles. The van der Waals surface area contributed by atoms with Gasteiger partial charge in [0.25, 0.3) is 5.56 Å². The van der Waals surface area contributed by atoms with E-state index in [1.165, 1.54) is 6.20 Å². The van der Waals surface area contributed by atoms with Crippen molar-refractivity contribution < 1.29 is 9.90 Å². The number of aromatic nitrogens is 2. The molecule has 106 valence electrons. The highest BCUT2D eigenvalue weighted by Gasteiger charge is 2.25. The number of carbonyl (C=O) groups is 1. The van der Waals surface area contributed by atoms with Crippen LogP contribution >= 0.6 is 11.6 Å². The zero-order chi connectivity index (χ0) is 14.6. The highest BCUT2D eigenvalue weighted by Crippen LogP contribution is 2.19. The van der Waals surface area contributed by atoms with Crippen molar-refractivity contribution in [2.24, 2.45) is 11.1 Å². The number of aliphatic hydroxyl groups is 1. The van der Waals surface area contributed by atoms with Gasteiger partial charge in [-0.05, 0) is 13.8 Å². The van der Waals surface area contributed by atoms with E-state index in [1.54, 1.807) is 13.8 Å². The van der Waals surface area contributed by atoms with Gasteiger partial charge in [-0.25, -0.2) is 4.68 Å². The number of hydrogen-bond donors (Lipinski definition) is 3. The summed E-state index contributed by atoms with van der Waals surface area (Å²) in [7, 11) is 0. The van der Waals surface area contributed by atoms with E-state index in [-0.39, 0.29) is 24.7 Å². The zero-order valence-electron chi connectivity index (χ0n) is 10.8. The first-order valence-electron chi connectivity index (χ1n) is 5.70. The van der Waals surface area contributed by atoms with E-state index >= 15 is 0 Å². The molecule has 0 bridgehead atoms. The third kappa shape index (κ3) is 3.68. The SMILES string of the molecule is CC(C)(CNc1cnn(CCO)c(=O)c1Cl)C(N)=O. The molecule has 1 aromatic rings. The summed E-state index contributed by atoms with van der Waals surface area (Å²) in [6.07, 6.45) is 1.37. The monoisotopic (exact) mass is 288 g/mol. The minimum Gasteiger partial charge on any atom is -0.394 e. The number of nitrogens with one attached hydrogen (secondary N) is 1. The van der Waals surface area contributed by atoms with E-state index in [0.29, 0.717) is 5.69 Å². The first-order chi connectivity index (χ1) is 8.79. The Hall–Kier alpha value is -1.60. The molecule has 0 aliphatic carbocycles. The Balaban J connectivity index is 2.90. The Kier molecular flexibility index (Phi) is 4.90. The van der Waals surface area contributed by atoms with Crippen LogP contribution < -0.4 is 16.6 Å². The Morgan fingerprint density at radius 2 is 2.26 bits per heavy atom. The van der Waals surface area contributed by atoms with Gasteiger partial charge in [-0.1, -0.05) is 11.6 Å². The minimum atomic E-state index is -0.775. The molecule has 0 saturated heterocycles. The molecule has 0 spiro atoms. The fraction of sp³-hybridized carbons (Fsp3) is 0.545. The van der Waals surface area contributed by atoms with E-state index in [9.17, 15) is 9.59 Å². The van der Waals surface area contributed by atoms with E-state index in [4.69, 9.17) is 22.4 Å². The van der Waals surface area contributed by atoms with Crippen molar-refractivity contribution in [3.8, 4) is 0 Å². The summed E-state index contributed by atoms with van der Waals surface area (Å²) < 4.78 is 1.06. The number of aliphatic hydroxyl groups excluding tert-OH is 1. The van der Waals surface area contributed by atoms with Crippen molar-refractivity contribution >= 4 is 23.2 Å². The van der Waals surface area contributed by atoms with Gasteiger partial charge in [0.05, 0.1) is 30.5 Å². The molecule has 0 radical (unpaired) electrons. The Bertz CT molecular complexity index is 527. The summed E-state index contributed by atoms with van der Waals surface area (Å²) in [4.78, 5) is 22.9. The number of anilines is 1. The molecule has 0 fully saturated rings. The molecule has 1 aromatic heterocycles. The van der Waals surface area contributed by atoms with Crippen LogP contribution in [-0.4, -0.2) is 33.9 Å². The second kappa shape index (κ2) is 6.03. The summed E-state index contributed by atoms with van der Waals surface area (Å²) in [6, 6.07) is 0. The van der Waals surface area contributed by atoms with Gasteiger partial charge in [0, 0.05) is 6.54 Å². The lowest BCUT2D eigenvalue weighted by Crippen LogP contribution is -2.37. The van der Waals surface area contributed by atoms with Gasteiger partial charge in [0.2, 0.25) is 5.91 Å². The van der Waals surface area contributed by atoms with E-state index in [1.807, 2.05) is 0 Å². The van der Waals surface area contributed by atoms with E-state index in [2.05, 4.69) is 10.4 Å². The number of nitrogens with zero attached hydrogens (tertiary/aromatic N) is 2. The van der Waals surface area contributed by atoms with Crippen LogP contribution in [0.4, 0.5) is 5.69 Å². The second-order valence-electron chi connectivity index (χ2n) is 4.73. The fourth-order valence-electron chi connectivity index (χ4n) is 1.25. The van der Waals surface area contributed by atoms with Gasteiger partial charge < -0.3 is 16.2 Å². The maximum Gasteiger partial charge on any atom is 0.287 e. The average molecular weight is 289 g/mol. The molecule has 0 unspecified atom stereocenters. The number of nitrogens with two attached hydrogens (primary N) is 1. The highest BCUT2D eigenvalue weighted by molar-refractivity contribution is 6.32. The third-order valence-electron chi connectivity index (χ3n) is 2.68. The molecule has 0 aromatic carbocycles. The summed E-state index contributed by atoms with van der Waals surface area (Å²) in [5, 5.41) is 15.5. The van der Waals surface area contributed by atoms with Gasteiger partial charge in [-0.15, -0.1) is 0 Å². The van der Waals surface area contributed by atoms with Crippen LogP contribution in [0.1, 0.15) is 13.8 Å². The van der Waals surface area contributed by atoms with Crippen LogP contribution in [0.2, 0.25) is 5.02 Å². The van der Waals surface area contributed by atoms with Crippen LogP contribution in [0.3, 0.4) is 0 Å². The maximum absolute atomic E-state index is 11.8. The molecular weight excluding hydrogens is 272 g/mol. The normalized spacial score (nSPS) is 11.4. The van der Waals surface area contributed by atoms with Crippen LogP contribution in [0.15, 0.2) is 11.0 Å². The largest absolute Gasteiger partial charge is 0.394 e. The predicted molar refractivity (Wildman–Crippen MR) is 72.1 cm³/mol. The molecule has 0 aliphatic rings. The van der Waals surface area contributed by atoms with Gasteiger partial charge in [0.1, 0.15) is 5.02 Å². The lowest BCUT2D eigenvalue weighted by Gasteiger charge is -2.21. The molecule has 7 nitrogen and oxygen atoms in total. The second-order valence-corrected chi connectivity index (χ2v) is 5.10. The number of amides is 1. The average Bonchev–Trinajstić information content (AvgIpc) is 2.34. The van der Waals surface area contributed by atoms with Crippen LogP contribution in [0.25, 0.3) is 0 Å². The van der Waals surface area contributed by atoms with Crippen molar-refractivity contribution in [2.45, 2.75) is 20.4 Å². The minimum absolute atomic E-state index is 0.0382. The molecule has 19 heavy (non-hydrogen) atoms. The van der Waals surface area contributed by atoms with Crippen molar-refractivity contribution in [3.63, 3.8) is 0 Å². The van der Waals surface area contributed by atoms with Crippen molar-refractivity contribution in [1.82, 2.24) is 9.78 Å². The first kappa shape index (κ1) is 15.5. The van der Waals surface area contributed by atoms with Crippen molar-refractivity contribution in [1.29, 1.82) is 0 Å². The number of rotatable bonds is 6. The third-order valence-corrected chi connectivity index (χ3v) is 3.05. The number of primary amides is 1. The number of carbonyl (C=O) groups excluding carboxylic acids is 1. The van der Waals surface area contributed by atoms with Crippen LogP contribution in [-0.2, 0) is 11.3 Å². The summed E-state index contributed by atoms with van der Waals surface area (Å²) in [6.45, 7) is 3.46. The molecule has 1 amide bonds. The molecule has 4 N–H and O–H groups in total. The smallest absolute Gasteiger partial charge is 0.287 e. The lowest BCUT2D eigenvalue weighted by molar-refractivity contribution is -0.125. The first-order valence-corrected chi connectivity index (χ1v) is 6.07. The lowest BCUT2D eigenvalue weighted by atomic mass is 9.93. The van der Waals surface area contributed by atoms with Crippen LogP contribution in [0, 0.1) is 5.41 Å². The quantitative estimate of drug-likeness (QED) is 0.672. The summed E-state index contributed by atoms with van der Waals surface area (Å²) in [5.41, 5.74) is 4.30. The van der Waals surface area contributed by atoms with Gasteiger partial charge in [-0.2, -0.15) is 5.10 Å². The van der Waals surface area contributed by atoms with Crippen molar-refractivity contribution in [2.75, 3.05) is 18.5 Å². The van der Waals surface area contributed by atoms with E-state index in [0.717, 1.165) is 4.68 Å². The van der Waals surface area contributed by atoms with Gasteiger partial charge in [0.15, 0.2) is 0 Å². The fourth-order valence-corrected chi connectivity index (χ4v) is 1.46. The maximum atomic E-state index is 11.8. The van der Waals surface area contributed by atoms with Crippen LogP contribution in [0.5, 0.6) is 0 Å². The summed E-state index contributed by atoms with van der Waals surface area (Å²) >= 11 is 5.91. The predicted octanol–water partition coefficient (Wildman–Crippen LogP) is -0.188. The highest BCUT2D eigenvalue weighted by atomic mass is 35.5. The Morgan fingerprint density at radius 3 is 2.79 bits per heavy atom. The Morgan fingerprint density at radius 1 is 1.63 bits per heavy atom. The number of halogens is 1. The topological polar surface area (TPSA) is 110 Å². The molecular formula is C11H17ClN4O3. The zero-order valence-corrected chi connectivity index (χ0v) is 11.6. The summed E-state index contributed by atoms with van der Waals surface area (Å²) in [5.74, 6) is -0.460. The Labute approximate surface area is 115 Å². The standard InChI is InChI=1S/C11H17ClN4O3/c1-11(2,10(13)19)6-14-7-5-15-16(3-4-17)9(18)8(7)12/h5,14,17H,3-4,6H2,1-2H3,(H2,13,19).